The quantitative estimate of drug-likeness (QED) is 0.721. The van der Waals surface area contributed by atoms with Gasteiger partial charge in [0.2, 0.25) is 11.9 Å². The van der Waals surface area contributed by atoms with Crippen LogP contribution in [-0.4, -0.2) is 32.6 Å². The fourth-order valence-electron chi connectivity index (χ4n) is 2.35. The Kier molecular flexibility index (Phi) is 3.76. The normalized spacial score (nSPS) is 13.3. The van der Waals surface area contributed by atoms with Gasteiger partial charge in [-0.05, 0) is 18.1 Å². The lowest BCUT2D eigenvalue weighted by atomic mass is 10.1. The molecular formula is C16H18N6O2S. The Morgan fingerprint density at radius 2 is 2.16 bits per heavy atom. The number of fused-ring (bicyclic) bond motifs is 1. The van der Waals surface area contributed by atoms with Crippen LogP contribution in [0.3, 0.4) is 0 Å². The minimum absolute atomic E-state index is 0.0370. The maximum Gasteiger partial charge on any atom is 0.285 e. The van der Waals surface area contributed by atoms with E-state index in [1.54, 1.807) is 12.1 Å². The van der Waals surface area contributed by atoms with Gasteiger partial charge in [-0.15, -0.1) is 11.3 Å². The van der Waals surface area contributed by atoms with Crippen LogP contribution < -0.4 is 16.2 Å². The van der Waals surface area contributed by atoms with Gasteiger partial charge in [-0.1, -0.05) is 13.8 Å². The van der Waals surface area contributed by atoms with Gasteiger partial charge in [0.15, 0.2) is 0 Å². The van der Waals surface area contributed by atoms with E-state index in [-0.39, 0.29) is 18.4 Å². The number of thiophene rings is 1. The largest absolute Gasteiger partial charge is 0.380 e. The summed E-state index contributed by atoms with van der Waals surface area (Å²) in [7, 11) is 0. The Morgan fingerprint density at radius 1 is 1.40 bits per heavy atom. The van der Waals surface area contributed by atoms with Crippen LogP contribution in [0.15, 0.2) is 29.3 Å². The molecule has 0 aromatic carbocycles. The van der Waals surface area contributed by atoms with E-state index in [9.17, 15) is 9.59 Å². The Labute approximate surface area is 152 Å². The highest BCUT2D eigenvalue weighted by Gasteiger charge is 2.18. The van der Waals surface area contributed by atoms with Gasteiger partial charge in [-0.25, -0.2) is 14.6 Å². The molecule has 3 heterocycles. The van der Waals surface area contributed by atoms with E-state index in [0.717, 1.165) is 16.0 Å². The monoisotopic (exact) mass is 361 g/mol. The second-order valence-electron chi connectivity index (χ2n) is 5.60. The summed E-state index contributed by atoms with van der Waals surface area (Å²) in [6.07, 6.45) is 2.97. The molecule has 0 bridgehead atoms. The van der Waals surface area contributed by atoms with Crippen molar-refractivity contribution in [1.82, 2.24) is 19.7 Å². The molecule has 3 aromatic heterocycles. The lowest BCUT2D eigenvalue weighted by molar-refractivity contribution is -0.117. The van der Waals surface area contributed by atoms with Gasteiger partial charge in [-0.3, -0.25) is 14.9 Å². The van der Waals surface area contributed by atoms with Crippen LogP contribution in [0.4, 0.5) is 10.9 Å². The van der Waals surface area contributed by atoms with Crippen molar-refractivity contribution in [3.8, 4) is 0 Å². The van der Waals surface area contributed by atoms with Gasteiger partial charge in [0.05, 0.1) is 10.7 Å². The molecule has 25 heavy (non-hydrogen) atoms. The third kappa shape index (κ3) is 3.50. The molecule has 3 rings (SSSR count). The first-order chi connectivity index (χ1) is 13.1. The van der Waals surface area contributed by atoms with E-state index < -0.39 is 18.4 Å². The second kappa shape index (κ2) is 6.98. The summed E-state index contributed by atoms with van der Waals surface area (Å²) in [5.74, 6) is -0.400. The number of nitrogens with one attached hydrogen (secondary N) is 2. The van der Waals surface area contributed by atoms with Crippen LogP contribution in [-0.2, 0) is 11.3 Å². The van der Waals surface area contributed by atoms with Crippen molar-refractivity contribution in [1.29, 1.82) is 0 Å². The molecule has 3 aromatic rings. The molecule has 0 aliphatic rings. The number of amides is 1. The Bertz CT molecular complexity index is 1060. The lowest BCUT2D eigenvalue weighted by Gasteiger charge is -2.10. The average Bonchev–Trinajstić information content (AvgIpc) is 3.00. The third-order valence-electron chi connectivity index (χ3n) is 3.45. The average molecular weight is 361 g/mol. The fourth-order valence-corrected chi connectivity index (χ4v) is 3.26. The highest BCUT2D eigenvalue weighted by atomic mass is 32.1. The molecule has 0 radical (unpaired) electrons. The Balaban J connectivity index is 1.97. The molecular weight excluding hydrogens is 340 g/mol. The van der Waals surface area contributed by atoms with Crippen LogP contribution in [0, 0.1) is 0 Å². The lowest BCUT2D eigenvalue weighted by Crippen LogP contribution is -2.30. The van der Waals surface area contributed by atoms with Crippen LogP contribution in [0.2, 0.25) is 0 Å². The van der Waals surface area contributed by atoms with Crippen molar-refractivity contribution < 1.29 is 8.91 Å². The number of carbonyl (C=O) groups excluding carboxylic acids is 1. The van der Waals surface area contributed by atoms with E-state index in [1.165, 1.54) is 12.4 Å². The zero-order chi connectivity index (χ0) is 20.5. The van der Waals surface area contributed by atoms with E-state index in [4.69, 9.17) is 4.11 Å². The number of nitrogens with zero attached hydrogens (tertiary/aromatic N) is 4. The van der Waals surface area contributed by atoms with Crippen molar-refractivity contribution in [3.05, 3.63) is 40.6 Å². The minimum Gasteiger partial charge on any atom is -0.380 e. The molecule has 1 amide bonds. The number of carbonyl (C=O) groups is 1. The van der Waals surface area contributed by atoms with E-state index in [1.807, 2.05) is 13.8 Å². The molecule has 2 N–H and O–H groups in total. The summed E-state index contributed by atoms with van der Waals surface area (Å²) in [6, 6.07) is 3.23. The zero-order valence-electron chi connectivity index (χ0n) is 16.6. The van der Waals surface area contributed by atoms with Gasteiger partial charge < -0.3 is 5.32 Å². The molecule has 130 valence electrons. The summed E-state index contributed by atoms with van der Waals surface area (Å²) in [5, 5.41) is 10.2. The van der Waals surface area contributed by atoms with Crippen molar-refractivity contribution in [2.45, 2.75) is 26.3 Å². The van der Waals surface area contributed by atoms with Crippen molar-refractivity contribution in [2.24, 2.45) is 0 Å². The van der Waals surface area contributed by atoms with Crippen molar-refractivity contribution in [2.75, 3.05) is 17.6 Å². The molecule has 8 nitrogen and oxygen atoms in total. The molecule has 0 aliphatic carbocycles. The van der Waals surface area contributed by atoms with Gasteiger partial charge in [-0.2, -0.15) is 5.10 Å². The summed E-state index contributed by atoms with van der Waals surface area (Å²) >= 11 is 1.03. The van der Waals surface area contributed by atoms with Crippen LogP contribution in [0.25, 0.3) is 10.1 Å². The standard InChI is InChI=1S/C16H18N6O2S/c1-9(2)13-10-7-12(17-3)25-14(10)15(24)22(21-13)8-11(23)20-16-18-5-4-6-19-16/h4-7,9,17H,8H2,1-3H3,(H,18,19,20,23)/i3D3. The molecule has 0 fully saturated rings. The number of anilines is 2. The summed E-state index contributed by atoms with van der Waals surface area (Å²) in [6.45, 7) is 1.12. The molecule has 0 saturated carbocycles. The third-order valence-corrected chi connectivity index (χ3v) is 4.48. The summed E-state index contributed by atoms with van der Waals surface area (Å²) in [4.78, 5) is 32.9. The summed E-state index contributed by atoms with van der Waals surface area (Å²) < 4.78 is 23.4. The smallest absolute Gasteiger partial charge is 0.285 e. The molecule has 0 saturated heterocycles. The first-order valence-electron chi connectivity index (χ1n) is 9.03. The molecule has 9 heteroatoms. The van der Waals surface area contributed by atoms with Gasteiger partial charge in [0.1, 0.15) is 11.2 Å². The Hall–Kier alpha value is -2.81. The number of aromatic nitrogens is 4. The van der Waals surface area contributed by atoms with Crippen LogP contribution >= 0.6 is 11.3 Å². The number of hydrogen-bond donors (Lipinski definition) is 2. The van der Waals surface area contributed by atoms with Crippen LogP contribution in [0.5, 0.6) is 0 Å². The number of hydrogen-bond acceptors (Lipinski definition) is 7. The minimum atomic E-state index is -2.37. The first-order valence-corrected chi connectivity index (χ1v) is 8.35. The fraction of sp³-hybridized carbons (Fsp3) is 0.312. The van der Waals surface area contributed by atoms with Gasteiger partial charge in [0.25, 0.3) is 5.56 Å². The highest BCUT2D eigenvalue weighted by molar-refractivity contribution is 7.22. The number of rotatable bonds is 5. The van der Waals surface area contributed by atoms with Crippen LogP contribution in [0.1, 0.15) is 29.6 Å². The maximum atomic E-state index is 12.8. The molecule has 0 atom stereocenters. The molecule has 0 spiro atoms. The van der Waals surface area contributed by atoms with Gasteiger partial charge >= 0.3 is 0 Å². The predicted octanol–water partition coefficient (Wildman–Crippen LogP) is 2.05. The second-order valence-corrected chi connectivity index (χ2v) is 6.65. The Morgan fingerprint density at radius 3 is 2.84 bits per heavy atom. The predicted molar refractivity (Wildman–Crippen MR) is 98.2 cm³/mol. The first kappa shape index (κ1) is 13.5. The topological polar surface area (TPSA) is 102 Å². The maximum absolute atomic E-state index is 12.8. The molecule has 0 unspecified atom stereocenters. The molecule has 0 aliphatic heterocycles. The van der Waals surface area contributed by atoms with E-state index >= 15 is 0 Å². The van der Waals surface area contributed by atoms with E-state index in [0.29, 0.717) is 20.8 Å². The van der Waals surface area contributed by atoms with Crippen molar-refractivity contribution >= 4 is 38.3 Å². The summed E-state index contributed by atoms with van der Waals surface area (Å²) in [5.41, 5.74) is 0.139. The zero-order valence-corrected chi connectivity index (χ0v) is 14.4. The van der Waals surface area contributed by atoms with Crippen molar-refractivity contribution in [3.63, 3.8) is 0 Å². The highest BCUT2D eigenvalue weighted by Crippen LogP contribution is 2.31. The SMILES string of the molecule is [2H]C([2H])([2H])Nc1cc2c(C(C)C)nn(CC(=O)Nc3ncccn3)c(=O)c2s1. The van der Waals surface area contributed by atoms with E-state index in [2.05, 4.69) is 25.7 Å². The van der Waals surface area contributed by atoms with Gasteiger partial charge in [0, 0.05) is 28.9 Å².